The monoisotopic (exact) mass is 682 g/mol. The highest BCUT2D eigenvalue weighted by Crippen LogP contribution is 2.52. The van der Waals surface area contributed by atoms with Gasteiger partial charge in [0.15, 0.2) is 23.0 Å². The zero-order valence-corrected chi connectivity index (χ0v) is 26.2. The highest BCUT2D eigenvalue weighted by Gasteiger charge is 2.49. The molecule has 0 radical (unpaired) electrons. The summed E-state index contributed by atoms with van der Waals surface area (Å²) in [5.74, 6) is 0.997. The number of fused-ring (bicyclic) bond motifs is 1. The predicted octanol–water partition coefficient (Wildman–Crippen LogP) is -1.86. The van der Waals surface area contributed by atoms with E-state index in [-0.39, 0.29) is 35.5 Å². The van der Waals surface area contributed by atoms with Gasteiger partial charge in [-0.25, -0.2) is 0 Å². The molecule has 4 aliphatic heterocycles. The van der Waals surface area contributed by atoms with E-state index < -0.39 is 74.6 Å². The normalized spacial score (nSPS) is 39.5. The molecule has 14 atom stereocenters. The molecule has 0 amide bonds. The van der Waals surface area contributed by atoms with Crippen molar-refractivity contribution in [3.63, 3.8) is 0 Å². The van der Waals surface area contributed by atoms with E-state index in [1.807, 2.05) is 0 Å². The lowest BCUT2D eigenvalue weighted by atomic mass is 9.85. The van der Waals surface area contributed by atoms with Crippen LogP contribution in [0.5, 0.6) is 23.0 Å². The van der Waals surface area contributed by atoms with Crippen molar-refractivity contribution in [3.05, 3.63) is 47.5 Å². The number of hydrogen-bond acceptors (Lipinski definition) is 16. The fraction of sp³-hybridized carbons (Fsp3) is 0.625. The van der Waals surface area contributed by atoms with Crippen molar-refractivity contribution >= 4 is 0 Å². The minimum atomic E-state index is -1.59. The zero-order chi connectivity index (χ0) is 34.3. The van der Waals surface area contributed by atoms with Crippen LogP contribution in [0.25, 0.3) is 0 Å². The molecule has 2 aromatic carbocycles. The van der Waals surface area contributed by atoms with E-state index in [0.29, 0.717) is 24.7 Å². The Hall–Kier alpha value is -2.84. The fourth-order valence-corrected chi connectivity index (χ4v) is 6.73. The smallest absolute Gasteiger partial charge is 0.229 e. The van der Waals surface area contributed by atoms with E-state index >= 15 is 0 Å². The first kappa shape index (κ1) is 35.0. The summed E-state index contributed by atoms with van der Waals surface area (Å²) in [5, 5.41) is 80.1. The first-order valence-corrected chi connectivity index (χ1v) is 15.6. The molecule has 0 bridgehead atoms. The lowest BCUT2D eigenvalue weighted by Gasteiger charge is -2.39. The molecular weight excluding hydrogens is 640 g/mol. The third-order valence-corrected chi connectivity index (χ3v) is 9.48. The molecule has 4 fully saturated rings. The van der Waals surface area contributed by atoms with Gasteiger partial charge in [0.25, 0.3) is 0 Å². The summed E-state index contributed by atoms with van der Waals surface area (Å²) in [7, 11) is 2.90. The quantitative estimate of drug-likeness (QED) is 0.137. The SMILES string of the molecule is COc1cc([C@H]2OC[C@H]3[C@@H]2CO[C@@H]3c2ccc(OC3OC(CO)C(O)C(O)C3O)c(OC)c2)ccc1OC1OC(CO)C(O)C(O)C1O. The summed E-state index contributed by atoms with van der Waals surface area (Å²) < 4.78 is 46.1. The van der Waals surface area contributed by atoms with Gasteiger partial charge in [0, 0.05) is 11.8 Å². The summed E-state index contributed by atoms with van der Waals surface area (Å²) in [6.45, 7) is -0.371. The molecule has 0 saturated carbocycles. The van der Waals surface area contributed by atoms with Gasteiger partial charge in [0.2, 0.25) is 12.6 Å². The zero-order valence-electron chi connectivity index (χ0n) is 26.2. The predicted molar refractivity (Wildman–Crippen MR) is 159 cm³/mol. The highest BCUT2D eigenvalue weighted by atomic mass is 16.7. The molecule has 10 unspecified atom stereocenters. The summed E-state index contributed by atoms with van der Waals surface area (Å²) >= 11 is 0. The van der Waals surface area contributed by atoms with E-state index in [9.17, 15) is 40.9 Å². The van der Waals surface area contributed by atoms with Crippen LogP contribution in [-0.2, 0) is 18.9 Å². The van der Waals surface area contributed by atoms with Crippen LogP contribution in [0.15, 0.2) is 36.4 Å². The van der Waals surface area contributed by atoms with E-state index in [1.54, 1.807) is 36.4 Å². The van der Waals surface area contributed by atoms with Crippen LogP contribution in [0.2, 0.25) is 0 Å². The molecule has 0 spiro atoms. The molecule has 266 valence electrons. The van der Waals surface area contributed by atoms with Gasteiger partial charge in [-0.3, -0.25) is 0 Å². The van der Waals surface area contributed by atoms with Gasteiger partial charge in [0.05, 0.1) is 52.9 Å². The second kappa shape index (κ2) is 14.6. The van der Waals surface area contributed by atoms with Gasteiger partial charge in [-0.15, -0.1) is 0 Å². The van der Waals surface area contributed by atoms with Gasteiger partial charge >= 0.3 is 0 Å². The summed E-state index contributed by atoms with van der Waals surface area (Å²) in [6, 6.07) is 10.3. The molecule has 0 aromatic heterocycles. The molecule has 6 rings (SSSR count). The van der Waals surface area contributed by atoms with Crippen molar-refractivity contribution < 1.29 is 78.7 Å². The van der Waals surface area contributed by atoms with Crippen LogP contribution in [0.3, 0.4) is 0 Å². The molecule has 4 aliphatic rings. The molecule has 16 nitrogen and oxygen atoms in total. The Bertz CT molecular complexity index is 1290. The van der Waals surface area contributed by atoms with Crippen molar-refractivity contribution in [2.75, 3.05) is 40.6 Å². The molecule has 0 aliphatic carbocycles. The Morgan fingerprint density at radius 1 is 0.562 bits per heavy atom. The lowest BCUT2D eigenvalue weighted by molar-refractivity contribution is -0.277. The molecule has 2 aromatic rings. The van der Waals surface area contributed by atoms with Crippen molar-refractivity contribution in [3.8, 4) is 23.0 Å². The summed E-state index contributed by atoms with van der Waals surface area (Å²) in [5.41, 5.74) is 1.59. The lowest BCUT2D eigenvalue weighted by Crippen LogP contribution is -2.60. The second-order valence-electron chi connectivity index (χ2n) is 12.3. The molecule has 4 heterocycles. The van der Waals surface area contributed by atoms with Crippen LogP contribution >= 0.6 is 0 Å². The third kappa shape index (κ3) is 6.44. The van der Waals surface area contributed by atoms with Gasteiger partial charge < -0.3 is 78.7 Å². The molecular formula is C32H42O16. The van der Waals surface area contributed by atoms with Gasteiger partial charge in [-0.2, -0.15) is 0 Å². The number of hydrogen-bond donors (Lipinski definition) is 8. The van der Waals surface area contributed by atoms with Crippen LogP contribution in [0.4, 0.5) is 0 Å². The van der Waals surface area contributed by atoms with Crippen molar-refractivity contribution in [1.29, 1.82) is 0 Å². The molecule has 8 N–H and O–H groups in total. The van der Waals surface area contributed by atoms with Gasteiger partial charge in [-0.1, -0.05) is 12.1 Å². The van der Waals surface area contributed by atoms with Crippen LogP contribution in [-0.4, -0.2) is 143 Å². The van der Waals surface area contributed by atoms with Crippen LogP contribution < -0.4 is 18.9 Å². The Labute approximate surface area is 275 Å². The van der Waals surface area contributed by atoms with E-state index in [2.05, 4.69) is 0 Å². The van der Waals surface area contributed by atoms with Gasteiger partial charge in [0.1, 0.15) is 48.8 Å². The van der Waals surface area contributed by atoms with Gasteiger partial charge in [-0.05, 0) is 35.4 Å². The summed E-state index contributed by atoms with van der Waals surface area (Å²) in [6.07, 6.45) is -15.0. The van der Waals surface area contributed by atoms with Crippen LogP contribution in [0, 0.1) is 11.8 Å². The average Bonchev–Trinajstić information content (AvgIpc) is 3.72. The van der Waals surface area contributed by atoms with E-state index in [4.69, 9.17) is 37.9 Å². The molecule has 48 heavy (non-hydrogen) atoms. The number of benzene rings is 2. The number of rotatable bonds is 10. The van der Waals surface area contributed by atoms with Crippen molar-refractivity contribution in [1.82, 2.24) is 0 Å². The maximum absolute atomic E-state index is 10.4. The largest absolute Gasteiger partial charge is 0.493 e. The molecule has 16 heteroatoms. The highest BCUT2D eigenvalue weighted by molar-refractivity contribution is 5.46. The second-order valence-corrected chi connectivity index (χ2v) is 12.3. The topological polar surface area (TPSA) is 236 Å². The van der Waals surface area contributed by atoms with Crippen molar-refractivity contribution in [2.45, 2.75) is 73.6 Å². The minimum Gasteiger partial charge on any atom is -0.493 e. The first-order valence-electron chi connectivity index (χ1n) is 15.6. The van der Waals surface area contributed by atoms with Crippen LogP contribution in [0.1, 0.15) is 23.3 Å². The first-order chi connectivity index (χ1) is 23.1. The number of methoxy groups -OCH3 is 2. The number of ether oxygens (including phenoxy) is 8. The molecule has 4 saturated heterocycles. The Morgan fingerprint density at radius 3 is 1.31 bits per heavy atom. The standard InChI is InChI=1S/C32H42O16/c1-41-19-7-13(3-5-17(19)45-31-27(39)25(37)23(35)21(9-33)47-31)29-15-11-44-30(16(15)12-43-29)14-4-6-18(20(8-14)42-2)46-32-28(40)26(38)24(36)22(10-34)48-32/h3-8,15-16,21-40H,9-12H2,1-2H3/t15-,16-,21?,22?,23?,24?,25?,26?,27?,28?,29+,30+,31?,32?/m0/s1. The maximum Gasteiger partial charge on any atom is 0.229 e. The minimum absolute atomic E-state index is 0.0204. The third-order valence-electron chi connectivity index (χ3n) is 9.48. The Morgan fingerprint density at radius 2 is 0.958 bits per heavy atom. The van der Waals surface area contributed by atoms with Crippen molar-refractivity contribution in [2.24, 2.45) is 11.8 Å². The summed E-state index contributed by atoms with van der Waals surface area (Å²) in [4.78, 5) is 0. The number of aliphatic hydroxyl groups is 8. The van der Waals surface area contributed by atoms with E-state index in [0.717, 1.165) is 11.1 Å². The Balaban J connectivity index is 1.14. The Kier molecular flexibility index (Phi) is 10.6. The fourth-order valence-electron chi connectivity index (χ4n) is 6.73. The van der Waals surface area contributed by atoms with E-state index in [1.165, 1.54) is 14.2 Å². The maximum atomic E-state index is 10.4. The number of aliphatic hydroxyl groups excluding tert-OH is 8. The average molecular weight is 683 g/mol.